The van der Waals surface area contributed by atoms with E-state index in [9.17, 15) is 22.2 Å². The summed E-state index contributed by atoms with van der Waals surface area (Å²) in [7, 11) is -3.06. The van der Waals surface area contributed by atoms with Crippen molar-refractivity contribution >= 4 is 37.3 Å². The average molecular weight is 529 g/mol. The second-order valence-corrected chi connectivity index (χ2v) is 9.81. The van der Waals surface area contributed by atoms with Crippen LogP contribution in [0.1, 0.15) is 21.6 Å². The van der Waals surface area contributed by atoms with Crippen LogP contribution in [0, 0.1) is 11.7 Å². The third-order valence-corrected chi connectivity index (χ3v) is 5.88. The molecule has 2 N–H and O–H groups in total. The number of nitrogens with zero attached hydrogens (tertiary/aromatic N) is 2. The highest BCUT2D eigenvalue weighted by molar-refractivity contribution is 9.10. The summed E-state index contributed by atoms with van der Waals surface area (Å²) < 4.78 is 66.0. The zero-order valence-corrected chi connectivity index (χ0v) is 19.1. The number of nitrogens with one attached hydrogen (secondary N) is 2. The van der Waals surface area contributed by atoms with Gasteiger partial charge in [0.1, 0.15) is 11.3 Å². The van der Waals surface area contributed by atoms with Crippen molar-refractivity contribution in [2.24, 2.45) is 0 Å². The van der Waals surface area contributed by atoms with Crippen molar-refractivity contribution < 1.29 is 26.9 Å². The standard InChI is InChI=1S/C20H16BrF3N4O3S/c1-11-16(18(29)26-13-6-4-8-15(10-13)32(2,25)30)19(28-27-17(11)20(22,23)24)31-14-7-3-5-12(21)9-14/h3-10,25H,1-2H3,(H,26,29). The molecular weight excluding hydrogens is 513 g/mol. The summed E-state index contributed by atoms with van der Waals surface area (Å²) in [6.45, 7) is 1.10. The van der Waals surface area contributed by atoms with E-state index in [1.807, 2.05) is 0 Å². The molecule has 1 aromatic heterocycles. The minimum absolute atomic E-state index is 0.146. The number of carbonyl (C=O) groups excluding carboxylic acids is 1. The fourth-order valence-corrected chi connectivity index (χ4v) is 3.83. The van der Waals surface area contributed by atoms with Gasteiger partial charge in [0.2, 0.25) is 0 Å². The van der Waals surface area contributed by atoms with Gasteiger partial charge in [-0.05, 0) is 48.9 Å². The molecule has 0 aliphatic heterocycles. The van der Waals surface area contributed by atoms with Crippen molar-refractivity contribution in [1.29, 1.82) is 4.78 Å². The summed E-state index contributed by atoms with van der Waals surface area (Å²) in [5.74, 6) is -1.12. The van der Waals surface area contributed by atoms with Crippen LogP contribution in [0.4, 0.5) is 18.9 Å². The lowest BCUT2D eigenvalue weighted by Crippen LogP contribution is -2.21. The number of amides is 1. The summed E-state index contributed by atoms with van der Waals surface area (Å²) in [5, 5.41) is 9.17. The first-order chi connectivity index (χ1) is 14.9. The molecule has 0 aliphatic carbocycles. The smallest absolute Gasteiger partial charge is 0.435 e. The highest BCUT2D eigenvalue weighted by Gasteiger charge is 2.38. The maximum atomic E-state index is 13.4. The highest BCUT2D eigenvalue weighted by Crippen LogP contribution is 2.35. The van der Waals surface area contributed by atoms with Crippen LogP contribution in [0.3, 0.4) is 0 Å². The first kappa shape index (κ1) is 23.7. The van der Waals surface area contributed by atoms with Gasteiger partial charge in [0.25, 0.3) is 11.8 Å². The van der Waals surface area contributed by atoms with Gasteiger partial charge in [-0.25, -0.2) is 8.99 Å². The van der Waals surface area contributed by atoms with Crippen LogP contribution < -0.4 is 10.1 Å². The lowest BCUT2D eigenvalue weighted by molar-refractivity contribution is -0.142. The Morgan fingerprint density at radius 3 is 2.47 bits per heavy atom. The van der Waals surface area contributed by atoms with Gasteiger partial charge in [-0.3, -0.25) is 4.79 Å². The minimum Gasteiger partial charge on any atom is -0.437 e. The highest BCUT2D eigenvalue weighted by atomic mass is 79.9. The average Bonchev–Trinajstić information content (AvgIpc) is 2.66. The quantitative estimate of drug-likeness (QED) is 0.445. The second-order valence-electron chi connectivity index (χ2n) is 6.74. The van der Waals surface area contributed by atoms with Crippen LogP contribution in [0.15, 0.2) is 57.9 Å². The first-order valence-electron chi connectivity index (χ1n) is 8.89. The van der Waals surface area contributed by atoms with Crippen LogP contribution in [0.5, 0.6) is 11.6 Å². The molecule has 0 saturated heterocycles. The maximum absolute atomic E-state index is 13.4. The largest absolute Gasteiger partial charge is 0.437 e. The van der Waals surface area contributed by atoms with Gasteiger partial charge in [0, 0.05) is 21.3 Å². The maximum Gasteiger partial charge on any atom is 0.435 e. The predicted octanol–water partition coefficient (Wildman–Crippen LogP) is 5.65. The fourth-order valence-electron chi connectivity index (χ4n) is 2.76. The first-order valence-corrected chi connectivity index (χ1v) is 11.7. The molecule has 3 rings (SSSR count). The molecule has 1 amide bonds. The van der Waals surface area contributed by atoms with E-state index in [1.165, 1.54) is 36.6 Å². The van der Waals surface area contributed by atoms with Crippen molar-refractivity contribution in [3.63, 3.8) is 0 Å². The molecule has 1 atom stereocenters. The number of hydrogen-bond acceptors (Lipinski definition) is 6. The molecule has 0 bridgehead atoms. The Balaban J connectivity index is 2.06. The van der Waals surface area contributed by atoms with Crippen LogP contribution in [-0.4, -0.2) is 26.6 Å². The minimum atomic E-state index is -4.83. The van der Waals surface area contributed by atoms with Crippen LogP contribution >= 0.6 is 15.9 Å². The molecule has 0 spiro atoms. The molecule has 0 fully saturated rings. The Kier molecular flexibility index (Phi) is 6.56. The van der Waals surface area contributed by atoms with Crippen molar-refractivity contribution in [3.8, 4) is 11.6 Å². The number of ether oxygens (including phenoxy) is 1. The molecule has 3 aromatic rings. The van der Waals surface area contributed by atoms with Crippen LogP contribution in [0.25, 0.3) is 0 Å². The van der Waals surface area contributed by atoms with Gasteiger partial charge in [0.05, 0.1) is 9.73 Å². The zero-order chi connectivity index (χ0) is 23.7. The number of alkyl halides is 3. The Morgan fingerprint density at radius 1 is 1.16 bits per heavy atom. The van der Waals surface area contributed by atoms with Crippen molar-refractivity contribution in [2.75, 3.05) is 11.6 Å². The van der Waals surface area contributed by atoms with Gasteiger partial charge < -0.3 is 10.1 Å². The molecule has 1 heterocycles. The van der Waals surface area contributed by atoms with E-state index in [0.29, 0.717) is 4.47 Å². The zero-order valence-electron chi connectivity index (χ0n) is 16.7. The monoisotopic (exact) mass is 528 g/mol. The van der Waals surface area contributed by atoms with E-state index in [4.69, 9.17) is 9.52 Å². The number of anilines is 1. The SMILES string of the molecule is Cc1c(C(F)(F)F)nnc(Oc2cccc(Br)c2)c1C(=O)Nc1cccc(S(C)(=N)=O)c1. The fraction of sp³-hybridized carbons (Fsp3) is 0.150. The van der Waals surface area contributed by atoms with Gasteiger partial charge in [0.15, 0.2) is 5.69 Å². The Labute approximate surface area is 190 Å². The second kappa shape index (κ2) is 8.87. The Hall–Kier alpha value is -2.99. The number of benzene rings is 2. The van der Waals surface area contributed by atoms with Gasteiger partial charge in [-0.2, -0.15) is 13.2 Å². The molecular formula is C20H16BrF3N4O3S. The molecule has 0 radical (unpaired) electrons. The van der Waals surface area contributed by atoms with Gasteiger partial charge in [-0.1, -0.05) is 28.1 Å². The summed E-state index contributed by atoms with van der Waals surface area (Å²) in [5.41, 5.74) is -2.10. The third-order valence-electron chi connectivity index (χ3n) is 4.23. The van der Waals surface area contributed by atoms with E-state index in [2.05, 4.69) is 31.4 Å². The van der Waals surface area contributed by atoms with Gasteiger partial charge in [-0.15, -0.1) is 10.2 Å². The lowest BCUT2D eigenvalue weighted by atomic mass is 10.1. The van der Waals surface area contributed by atoms with E-state index >= 15 is 0 Å². The lowest BCUT2D eigenvalue weighted by Gasteiger charge is -2.16. The molecule has 12 heteroatoms. The van der Waals surface area contributed by atoms with E-state index in [0.717, 1.165) is 6.92 Å². The molecule has 32 heavy (non-hydrogen) atoms. The van der Waals surface area contributed by atoms with Gasteiger partial charge >= 0.3 is 6.18 Å². The molecule has 0 aliphatic rings. The number of halogens is 4. The van der Waals surface area contributed by atoms with Crippen molar-refractivity contribution in [2.45, 2.75) is 18.0 Å². The molecule has 0 saturated carbocycles. The Morgan fingerprint density at radius 2 is 1.84 bits per heavy atom. The third kappa shape index (κ3) is 5.43. The molecule has 7 nitrogen and oxygen atoms in total. The van der Waals surface area contributed by atoms with Crippen LogP contribution in [0.2, 0.25) is 0 Å². The normalized spacial score (nSPS) is 13.3. The number of carbonyl (C=O) groups is 1. The number of rotatable bonds is 5. The number of aromatic nitrogens is 2. The molecule has 2 aromatic carbocycles. The topological polar surface area (TPSA) is 105 Å². The predicted molar refractivity (Wildman–Crippen MR) is 115 cm³/mol. The molecule has 168 valence electrons. The summed E-state index contributed by atoms with van der Waals surface area (Å²) in [4.78, 5) is 13.2. The van der Waals surface area contributed by atoms with Crippen molar-refractivity contribution in [3.05, 3.63) is 69.8 Å². The summed E-state index contributed by atoms with van der Waals surface area (Å²) in [6.07, 6.45) is -3.62. The van der Waals surface area contributed by atoms with E-state index in [-0.39, 0.29) is 16.3 Å². The van der Waals surface area contributed by atoms with E-state index < -0.39 is 44.5 Å². The van der Waals surface area contributed by atoms with E-state index in [1.54, 1.807) is 18.2 Å². The summed E-state index contributed by atoms with van der Waals surface area (Å²) in [6, 6.07) is 12.1. The summed E-state index contributed by atoms with van der Waals surface area (Å²) >= 11 is 3.26. The number of hydrogen-bond donors (Lipinski definition) is 2. The molecule has 1 unspecified atom stereocenters. The Bertz CT molecular complexity index is 1300. The van der Waals surface area contributed by atoms with Crippen molar-refractivity contribution in [1.82, 2.24) is 10.2 Å². The van der Waals surface area contributed by atoms with Crippen LogP contribution in [-0.2, 0) is 15.9 Å².